The number of nitrogen functional groups attached to an aromatic ring is 1. The topological polar surface area (TPSA) is 102 Å². The summed E-state index contributed by atoms with van der Waals surface area (Å²) >= 11 is 0. The van der Waals surface area contributed by atoms with Gasteiger partial charge in [0.05, 0.1) is 17.6 Å². The Morgan fingerprint density at radius 1 is 1.03 bits per heavy atom. The van der Waals surface area contributed by atoms with Crippen LogP contribution < -0.4 is 10.6 Å². The number of ether oxygens (including phenoxy) is 1. The van der Waals surface area contributed by atoms with E-state index in [2.05, 4.69) is 4.90 Å². The average molecular weight is 502 g/mol. The summed E-state index contributed by atoms with van der Waals surface area (Å²) in [6, 6.07) is 16.1. The Hall–Kier alpha value is -4.05. The number of hydrogen-bond donors (Lipinski definition) is 1. The van der Waals surface area contributed by atoms with Crippen LogP contribution in [0.15, 0.2) is 54.6 Å². The summed E-state index contributed by atoms with van der Waals surface area (Å²) in [7, 11) is 0. The van der Waals surface area contributed by atoms with Crippen LogP contribution in [0.1, 0.15) is 18.4 Å². The molecule has 2 saturated heterocycles. The van der Waals surface area contributed by atoms with Gasteiger partial charge in [-0.2, -0.15) is 4.98 Å². The number of carbonyl (C=O) groups excluding carboxylic acids is 1. The zero-order valence-corrected chi connectivity index (χ0v) is 20.4. The van der Waals surface area contributed by atoms with Crippen molar-refractivity contribution in [2.24, 2.45) is 0 Å². The lowest BCUT2D eigenvalue weighted by molar-refractivity contribution is -0.141. The van der Waals surface area contributed by atoms with Crippen LogP contribution in [0.2, 0.25) is 0 Å². The van der Waals surface area contributed by atoms with E-state index in [4.69, 9.17) is 25.5 Å². The van der Waals surface area contributed by atoms with Crippen molar-refractivity contribution in [1.29, 1.82) is 0 Å². The molecule has 0 saturated carbocycles. The minimum Gasteiger partial charge on any atom is -0.383 e. The lowest BCUT2D eigenvalue weighted by Gasteiger charge is -2.35. The van der Waals surface area contributed by atoms with Gasteiger partial charge in [0.25, 0.3) is 5.91 Å². The SMILES string of the molecule is Nc1c2c(-c3ccc(F)cc3)nc(N3CCN(C(=O)C4CCCO4)CC3)nc2nn1Cc1ccccc1. The number of piperazine rings is 1. The fourth-order valence-electron chi connectivity index (χ4n) is 4.98. The van der Waals surface area contributed by atoms with Crippen molar-refractivity contribution in [2.75, 3.05) is 43.4 Å². The van der Waals surface area contributed by atoms with Gasteiger partial charge in [0.15, 0.2) is 5.65 Å². The molecule has 4 aromatic rings. The molecule has 1 unspecified atom stereocenters. The number of aromatic nitrogens is 4. The van der Waals surface area contributed by atoms with Crippen molar-refractivity contribution in [3.05, 3.63) is 66.0 Å². The highest BCUT2D eigenvalue weighted by Gasteiger charge is 2.31. The van der Waals surface area contributed by atoms with Crippen LogP contribution in [0.5, 0.6) is 0 Å². The number of rotatable bonds is 5. The minimum atomic E-state index is -0.325. The van der Waals surface area contributed by atoms with Crippen LogP contribution in [0, 0.1) is 5.82 Å². The summed E-state index contributed by atoms with van der Waals surface area (Å²) in [6.45, 7) is 3.45. The lowest BCUT2D eigenvalue weighted by atomic mass is 10.1. The molecule has 0 radical (unpaired) electrons. The Kier molecular flexibility index (Phi) is 6.17. The van der Waals surface area contributed by atoms with Gasteiger partial charge >= 0.3 is 0 Å². The number of amides is 1. The van der Waals surface area contributed by atoms with Crippen LogP contribution in [-0.2, 0) is 16.1 Å². The number of anilines is 2. The largest absolute Gasteiger partial charge is 0.383 e. The van der Waals surface area contributed by atoms with E-state index in [-0.39, 0.29) is 17.8 Å². The van der Waals surface area contributed by atoms with Crippen LogP contribution in [0.3, 0.4) is 0 Å². The molecule has 0 aliphatic carbocycles. The highest BCUT2D eigenvalue weighted by atomic mass is 19.1. The zero-order chi connectivity index (χ0) is 25.4. The van der Waals surface area contributed by atoms with Crippen molar-refractivity contribution in [2.45, 2.75) is 25.5 Å². The van der Waals surface area contributed by atoms with Crippen molar-refractivity contribution < 1.29 is 13.9 Å². The summed E-state index contributed by atoms with van der Waals surface area (Å²) < 4.78 is 21.0. The Balaban J connectivity index is 1.33. The summed E-state index contributed by atoms with van der Waals surface area (Å²) in [5, 5.41) is 5.36. The molecule has 1 atom stereocenters. The molecule has 2 aliphatic heterocycles. The molecule has 0 spiro atoms. The van der Waals surface area contributed by atoms with E-state index < -0.39 is 0 Å². The zero-order valence-electron chi connectivity index (χ0n) is 20.4. The molecule has 2 aromatic heterocycles. The first-order valence-electron chi connectivity index (χ1n) is 12.6. The van der Waals surface area contributed by atoms with E-state index in [0.29, 0.717) is 67.8 Å². The second-order valence-corrected chi connectivity index (χ2v) is 9.42. The molecule has 6 rings (SSSR count). The number of halogens is 1. The summed E-state index contributed by atoms with van der Waals surface area (Å²) in [5.74, 6) is 0.708. The molecular weight excluding hydrogens is 473 g/mol. The monoisotopic (exact) mass is 501 g/mol. The first kappa shape index (κ1) is 23.4. The number of benzene rings is 2. The second-order valence-electron chi connectivity index (χ2n) is 9.42. The first-order valence-corrected chi connectivity index (χ1v) is 12.6. The number of fused-ring (bicyclic) bond motifs is 1. The van der Waals surface area contributed by atoms with Crippen molar-refractivity contribution in [1.82, 2.24) is 24.6 Å². The third-order valence-electron chi connectivity index (χ3n) is 7.00. The van der Waals surface area contributed by atoms with E-state index >= 15 is 0 Å². The fourth-order valence-corrected chi connectivity index (χ4v) is 4.98. The normalized spacial score (nSPS) is 18.0. The molecule has 4 heterocycles. The number of nitrogens with zero attached hydrogens (tertiary/aromatic N) is 6. The highest BCUT2D eigenvalue weighted by molar-refractivity contribution is 5.99. The quantitative estimate of drug-likeness (QED) is 0.448. The molecule has 2 N–H and O–H groups in total. The first-order chi connectivity index (χ1) is 18.1. The minimum absolute atomic E-state index is 0.0629. The standard InChI is InChI=1S/C27H28FN7O2/c28-20-10-8-19(9-11-20)23-22-24(29)35(17-18-5-2-1-3-6-18)32-25(22)31-27(30-23)34-14-12-33(13-15-34)26(36)21-7-4-16-37-21/h1-3,5-6,8-11,21H,4,7,12-17,29H2. The van der Waals surface area contributed by atoms with Crippen LogP contribution in [0.25, 0.3) is 22.3 Å². The van der Waals surface area contributed by atoms with E-state index in [9.17, 15) is 9.18 Å². The second kappa shape index (κ2) is 9.78. The van der Waals surface area contributed by atoms with Gasteiger partial charge in [-0.1, -0.05) is 30.3 Å². The van der Waals surface area contributed by atoms with Gasteiger partial charge in [0, 0.05) is 38.3 Å². The summed E-state index contributed by atoms with van der Waals surface area (Å²) in [6.07, 6.45) is 1.39. The van der Waals surface area contributed by atoms with Gasteiger partial charge in [-0.05, 0) is 42.7 Å². The molecule has 0 bridgehead atoms. The molecule has 2 fully saturated rings. The van der Waals surface area contributed by atoms with Crippen molar-refractivity contribution in [3.8, 4) is 11.3 Å². The van der Waals surface area contributed by atoms with Crippen molar-refractivity contribution >= 4 is 28.7 Å². The molecule has 37 heavy (non-hydrogen) atoms. The third kappa shape index (κ3) is 4.60. The van der Waals surface area contributed by atoms with Gasteiger partial charge in [-0.3, -0.25) is 4.79 Å². The molecule has 2 aromatic carbocycles. The molecule has 190 valence electrons. The Bertz CT molecular complexity index is 1410. The van der Waals surface area contributed by atoms with Crippen molar-refractivity contribution in [3.63, 3.8) is 0 Å². The predicted octanol–water partition coefficient (Wildman–Crippen LogP) is 3.09. The van der Waals surface area contributed by atoms with E-state index in [1.807, 2.05) is 35.2 Å². The van der Waals surface area contributed by atoms with Gasteiger partial charge in [-0.15, -0.1) is 5.10 Å². The number of hydrogen-bond acceptors (Lipinski definition) is 7. The van der Waals surface area contributed by atoms with Crippen LogP contribution >= 0.6 is 0 Å². The van der Waals surface area contributed by atoms with Gasteiger partial charge in [-0.25, -0.2) is 14.1 Å². The maximum absolute atomic E-state index is 13.7. The lowest BCUT2D eigenvalue weighted by Crippen LogP contribution is -2.51. The Morgan fingerprint density at radius 3 is 2.49 bits per heavy atom. The molecule has 2 aliphatic rings. The Morgan fingerprint density at radius 2 is 1.78 bits per heavy atom. The van der Waals surface area contributed by atoms with Gasteiger partial charge in [0.1, 0.15) is 17.7 Å². The van der Waals surface area contributed by atoms with E-state index in [1.54, 1.807) is 16.8 Å². The maximum atomic E-state index is 13.7. The predicted molar refractivity (Wildman–Crippen MR) is 138 cm³/mol. The van der Waals surface area contributed by atoms with Crippen LogP contribution in [-0.4, -0.2) is 69.4 Å². The highest BCUT2D eigenvalue weighted by Crippen LogP contribution is 2.33. The molecule has 9 nitrogen and oxygen atoms in total. The average Bonchev–Trinajstić information content (AvgIpc) is 3.58. The Labute approximate surface area is 213 Å². The molecule has 10 heteroatoms. The molecule has 1 amide bonds. The van der Waals surface area contributed by atoms with Gasteiger partial charge < -0.3 is 20.3 Å². The smallest absolute Gasteiger partial charge is 0.251 e. The van der Waals surface area contributed by atoms with E-state index in [1.165, 1.54) is 12.1 Å². The van der Waals surface area contributed by atoms with Crippen LogP contribution in [0.4, 0.5) is 16.2 Å². The number of carbonyl (C=O) groups is 1. The summed E-state index contributed by atoms with van der Waals surface area (Å²) in [5.41, 5.74) is 9.45. The van der Waals surface area contributed by atoms with Gasteiger partial charge in [0.2, 0.25) is 5.95 Å². The summed E-state index contributed by atoms with van der Waals surface area (Å²) in [4.78, 5) is 26.3. The third-order valence-corrected chi connectivity index (χ3v) is 7.00. The fraction of sp³-hybridized carbons (Fsp3) is 0.333. The number of nitrogens with two attached hydrogens (primary N) is 1. The maximum Gasteiger partial charge on any atom is 0.251 e. The van der Waals surface area contributed by atoms with E-state index in [0.717, 1.165) is 24.0 Å². The molecular formula is C27H28FN7O2.